The topological polar surface area (TPSA) is 50.9 Å². The van der Waals surface area contributed by atoms with Crippen LogP contribution < -0.4 is 10.5 Å². The monoisotopic (exact) mass is 247 g/mol. The Labute approximate surface area is 108 Å². The summed E-state index contributed by atoms with van der Waals surface area (Å²) in [6, 6.07) is 8.13. The molecule has 0 bridgehead atoms. The molecule has 4 heteroatoms. The number of nitrogens with two attached hydrogens (primary N) is 1. The van der Waals surface area contributed by atoms with E-state index in [4.69, 9.17) is 10.5 Å². The first kappa shape index (κ1) is 12.7. The van der Waals surface area contributed by atoms with E-state index in [-0.39, 0.29) is 5.54 Å². The van der Waals surface area contributed by atoms with Crippen LogP contribution in [0.5, 0.6) is 5.75 Å². The van der Waals surface area contributed by atoms with Gasteiger partial charge in [0.1, 0.15) is 5.75 Å². The minimum Gasteiger partial charge on any atom is -0.494 e. The van der Waals surface area contributed by atoms with Crippen molar-refractivity contribution in [2.75, 3.05) is 19.7 Å². The minimum absolute atomic E-state index is 0.204. The van der Waals surface area contributed by atoms with Crippen LogP contribution in [0.15, 0.2) is 29.3 Å². The van der Waals surface area contributed by atoms with E-state index in [1.54, 1.807) is 0 Å². The molecule has 1 unspecified atom stereocenters. The van der Waals surface area contributed by atoms with Gasteiger partial charge in [-0.3, -0.25) is 4.99 Å². The van der Waals surface area contributed by atoms with Gasteiger partial charge in [0, 0.05) is 12.1 Å². The highest BCUT2D eigenvalue weighted by atomic mass is 16.5. The second-order valence-electron chi connectivity index (χ2n) is 4.62. The van der Waals surface area contributed by atoms with Crippen LogP contribution >= 0.6 is 0 Å². The number of aliphatic imine (C=N–C) groups is 1. The maximum absolute atomic E-state index is 5.96. The molecule has 0 radical (unpaired) electrons. The molecule has 1 aliphatic heterocycles. The van der Waals surface area contributed by atoms with E-state index < -0.39 is 0 Å². The lowest BCUT2D eigenvalue weighted by Crippen LogP contribution is -2.47. The average Bonchev–Trinajstić information content (AvgIpc) is 2.67. The molecule has 98 valence electrons. The highest BCUT2D eigenvalue weighted by Crippen LogP contribution is 2.37. The molecule has 0 aliphatic carbocycles. The van der Waals surface area contributed by atoms with Gasteiger partial charge < -0.3 is 15.4 Å². The molecule has 0 saturated carbocycles. The summed E-state index contributed by atoms with van der Waals surface area (Å²) in [5.41, 5.74) is 6.91. The Morgan fingerprint density at radius 3 is 2.78 bits per heavy atom. The van der Waals surface area contributed by atoms with Gasteiger partial charge in [0.25, 0.3) is 0 Å². The molecule has 0 spiro atoms. The van der Waals surface area contributed by atoms with Crippen molar-refractivity contribution in [1.29, 1.82) is 0 Å². The molecule has 0 saturated heterocycles. The smallest absolute Gasteiger partial charge is 0.192 e. The van der Waals surface area contributed by atoms with Crippen LogP contribution in [0.2, 0.25) is 0 Å². The molecule has 18 heavy (non-hydrogen) atoms. The number of rotatable bonds is 4. The molecule has 4 nitrogen and oxygen atoms in total. The highest BCUT2D eigenvalue weighted by molar-refractivity contribution is 5.81. The molecular weight excluding hydrogens is 226 g/mol. The summed E-state index contributed by atoms with van der Waals surface area (Å²) in [5.74, 6) is 1.54. The predicted octanol–water partition coefficient (Wildman–Crippen LogP) is 1.95. The SMILES string of the molecule is CCOc1ccccc1C1(C)CN=C(N)N1CC. The third-order valence-electron chi connectivity index (χ3n) is 3.50. The normalized spacial score (nSPS) is 23.1. The van der Waals surface area contributed by atoms with Gasteiger partial charge in [0.15, 0.2) is 5.96 Å². The van der Waals surface area contributed by atoms with Crippen molar-refractivity contribution in [1.82, 2.24) is 4.90 Å². The fourth-order valence-electron chi connectivity index (χ4n) is 2.59. The molecule has 0 fully saturated rings. The van der Waals surface area contributed by atoms with E-state index in [1.807, 2.05) is 25.1 Å². The number of likely N-dealkylation sites (N-methyl/N-ethyl adjacent to an activating group) is 1. The first-order valence-electron chi connectivity index (χ1n) is 6.43. The third kappa shape index (κ3) is 1.92. The van der Waals surface area contributed by atoms with Crippen molar-refractivity contribution in [2.24, 2.45) is 10.7 Å². The number of hydrogen-bond acceptors (Lipinski definition) is 4. The second-order valence-corrected chi connectivity index (χ2v) is 4.62. The largest absolute Gasteiger partial charge is 0.494 e. The fourth-order valence-corrected chi connectivity index (χ4v) is 2.59. The van der Waals surface area contributed by atoms with E-state index in [9.17, 15) is 0 Å². The van der Waals surface area contributed by atoms with Crippen LogP contribution in [0.1, 0.15) is 26.3 Å². The van der Waals surface area contributed by atoms with Gasteiger partial charge in [-0.15, -0.1) is 0 Å². The number of hydrogen-bond donors (Lipinski definition) is 1. The summed E-state index contributed by atoms with van der Waals surface area (Å²) in [5, 5.41) is 0. The zero-order chi connectivity index (χ0) is 13.2. The lowest BCUT2D eigenvalue weighted by atomic mass is 9.90. The Hall–Kier alpha value is -1.71. The summed E-state index contributed by atoms with van der Waals surface area (Å²) in [6.07, 6.45) is 0. The van der Waals surface area contributed by atoms with Crippen LogP contribution in [0.3, 0.4) is 0 Å². The summed E-state index contributed by atoms with van der Waals surface area (Å²) in [7, 11) is 0. The molecule has 2 rings (SSSR count). The van der Waals surface area contributed by atoms with Crippen LogP contribution in [-0.2, 0) is 5.54 Å². The van der Waals surface area contributed by atoms with Gasteiger partial charge in [-0.25, -0.2) is 0 Å². The Balaban J connectivity index is 2.42. The van der Waals surface area contributed by atoms with E-state index >= 15 is 0 Å². The summed E-state index contributed by atoms with van der Waals surface area (Å²) in [4.78, 5) is 6.51. The molecule has 1 aromatic carbocycles. The van der Waals surface area contributed by atoms with Crippen LogP contribution in [0, 0.1) is 0 Å². The Morgan fingerprint density at radius 1 is 1.39 bits per heavy atom. The highest BCUT2D eigenvalue weighted by Gasteiger charge is 2.40. The lowest BCUT2D eigenvalue weighted by Gasteiger charge is -2.36. The summed E-state index contributed by atoms with van der Waals surface area (Å²) < 4.78 is 5.72. The number of ether oxygens (including phenoxy) is 1. The first-order valence-corrected chi connectivity index (χ1v) is 6.43. The van der Waals surface area contributed by atoms with Gasteiger partial charge in [0.2, 0.25) is 0 Å². The predicted molar refractivity (Wildman–Crippen MR) is 73.8 cm³/mol. The Bertz CT molecular complexity index is 458. The van der Waals surface area contributed by atoms with Gasteiger partial charge in [0.05, 0.1) is 18.7 Å². The van der Waals surface area contributed by atoms with E-state index in [0.717, 1.165) is 17.9 Å². The molecular formula is C14H21N3O. The number of guanidine groups is 1. The zero-order valence-corrected chi connectivity index (χ0v) is 11.3. The Kier molecular flexibility index (Phi) is 3.45. The number of nitrogens with zero attached hydrogens (tertiary/aromatic N) is 2. The van der Waals surface area contributed by atoms with Crippen molar-refractivity contribution in [3.8, 4) is 5.75 Å². The maximum atomic E-state index is 5.96. The average molecular weight is 247 g/mol. The molecule has 1 heterocycles. The lowest BCUT2D eigenvalue weighted by molar-refractivity contribution is 0.223. The van der Waals surface area contributed by atoms with E-state index in [0.29, 0.717) is 19.1 Å². The van der Waals surface area contributed by atoms with Gasteiger partial charge in [-0.05, 0) is 26.8 Å². The number of para-hydroxylation sites is 1. The van der Waals surface area contributed by atoms with Crippen molar-refractivity contribution in [3.63, 3.8) is 0 Å². The molecule has 0 amide bonds. The molecule has 0 aromatic heterocycles. The molecule has 1 atom stereocenters. The van der Waals surface area contributed by atoms with E-state index in [1.165, 1.54) is 0 Å². The van der Waals surface area contributed by atoms with Crippen LogP contribution in [0.4, 0.5) is 0 Å². The molecule has 2 N–H and O–H groups in total. The number of benzene rings is 1. The van der Waals surface area contributed by atoms with Crippen molar-refractivity contribution < 1.29 is 4.74 Å². The van der Waals surface area contributed by atoms with Crippen LogP contribution in [-0.4, -0.2) is 30.6 Å². The second kappa shape index (κ2) is 4.88. The quantitative estimate of drug-likeness (QED) is 0.884. The van der Waals surface area contributed by atoms with Crippen molar-refractivity contribution >= 4 is 5.96 Å². The van der Waals surface area contributed by atoms with E-state index in [2.05, 4.69) is 29.8 Å². The van der Waals surface area contributed by atoms with Crippen LogP contribution in [0.25, 0.3) is 0 Å². The van der Waals surface area contributed by atoms with Crippen molar-refractivity contribution in [3.05, 3.63) is 29.8 Å². The zero-order valence-electron chi connectivity index (χ0n) is 11.3. The molecule has 1 aliphatic rings. The third-order valence-corrected chi connectivity index (χ3v) is 3.50. The maximum Gasteiger partial charge on any atom is 0.192 e. The fraction of sp³-hybridized carbons (Fsp3) is 0.500. The van der Waals surface area contributed by atoms with Crippen molar-refractivity contribution in [2.45, 2.75) is 26.3 Å². The molecule has 1 aromatic rings. The summed E-state index contributed by atoms with van der Waals surface area (Å²) >= 11 is 0. The standard InChI is InChI=1S/C14H21N3O/c1-4-17-13(15)16-10-14(17,3)11-8-6-7-9-12(11)18-5-2/h6-9H,4-5,10H2,1-3H3,(H2,15,16). The van der Waals surface area contributed by atoms with Gasteiger partial charge >= 0.3 is 0 Å². The first-order chi connectivity index (χ1) is 8.63. The van der Waals surface area contributed by atoms with Gasteiger partial charge in [-0.1, -0.05) is 18.2 Å². The Morgan fingerprint density at radius 2 is 2.11 bits per heavy atom. The van der Waals surface area contributed by atoms with Gasteiger partial charge in [-0.2, -0.15) is 0 Å². The summed E-state index contributed by atoms with van der Waals surface area (Å²) in [6.45, 7) is 8.43. The minimum atomic E-state index is -0.204.